The van der Waals surface area contributed by atoms with Crippen LogP contribution >= 0.6 is 11.3 Å². The molecule has 236 valence electrons. The number of carbonyl (C=O) groups is 2. The summed E-state index contributed by atoms with van der Waals surface area (Å²) in [7, 11) is 0. The number of likely N-dealkylation sites (tertiary alicyclic amines) is 2. The third-order valence-corrected chi connectivity index (χ3v) is 10.4. The van der Waals surface area contributed by atoms with Crippen molar-refractivity contribution in [1.82, 2.24) is 28.9 Å². The van der Waals surface area contributed by atoms with Crippen LogP contribution in [-0.4, -0.2) is 77.6 Å². The highest BCUT2D eigenvalue weighted by Gasteiger charge is 2.42. The number of piperidine rings is 2. The summed E-state index contributed by atoms with van der Waals surface area (Å²) in [6, 6.07) is 21.4. The van der Waals surface area contributed by atoms with Crippen LogP contribution in [0.5, 0.6) is 0 Å². The third kappa shape index (κ3) is 5.76. The molecule has 1 N–H and O–H groups in total. The van der Waals surface area contributed by atoms with Gasteiger partial charge in [-0.05, 0) is 49.9 Å². The van der Waals surface area contributed by atoms with Gasteiger partial charge >= 0.3 is 0 Å². The number of thiazole rings is 1. The van der Waals surface area contributed by atoms with E-state index in [9.17, 15) is 19.5 Å². The monoisotopic (exact) mass is 636 g/mol. The number of nitrogens with zero attached hydrogens (tertiary/aromatic N) is 6. The molecule has 2 aliphatic rings. The molecule has 0 spiro atoms. The van der Waals surface area contributed by atoms with Crippen LogP contribution in [0.2, 0.25) is 0 Å². The molecule has 0 bridgehead atoms. The number of carbonyl (C=O) groups excluding carboxylic acids is 2. The highest BCUT2D eigenvalue weighted by molar-refractivity contribution is 7.13. The van der Waals surface area contributed by atoms with E-state index < -0.39 is 5.60 Å². The highest BCUT2D eigenvalue weighted by atomic mass is 32.1. The van der Waals surface area contributed by atoms with Crippen molar-refractivity contribution in [3.05, 3.63) is 111 Å². The normalized spacial score (nSPS) is 19.8. The Morgan fingerprint density at radius 1 is 0.957 bits per heavy atom. The minimum Gasteiger partial charge on any atom is -0.388 e. The van der Waals surface area contributed by atoms with Crippen LogP contribution in [0.4, 0.5) is 0 Å². The Labute approximate surface area is 270 Å². The number of aryl methyl sites for hydroxylation is 1. The maximum Gasteiger partial charge on any atom is 0.265 e. The number of aliphatic hydroxyl groups is 1. The van der Waals surface area contributed by atoms with E-state index in [0.29, 0.717) is 61.4 Å². The Hall–Kier alpha value is -4.61. The van der Waals surface area contributed by atoms with Crippen LogP contribution in [-0.2, 0) is 11.3 Å². The molecule has 0 aliphatic carbocycles. The smallest absolute Gasteiger partial charge is 0.265 e. The first-order chi connectivity index (χ1) is 22.3. The maximum atomic E-state index is 14.0. The van der Waals surface area contributed by atoms with Gasteiger partial charge in [-0.3, -0.25) is 19.0 Å². The number of rotatable bonds is 6. The largest absolute Gasteiger partial charge is 0.388 e. The van der Waals surface area contributed by atoms with E-state index in [2.05, 4.69) is 9.97 Å². The van der Waals surface area contributed by atoms with Crippen LogP contribution < -0.4 is 5.56 Å². The number of aromatic nitrogens is 4. The summed E-state index contributed by atoms with van der Waals surface area (Å²) in [5, 5.41) is 12.9. The van der Waals surface area contributed by atoms with Gasteiger partial charge in [0.25, 0.3) is 11.5 Å². The predicted molar refractivity (Wildman–Crippen MR) is 176 cm³/mol. The van der Waals surface area contributed by atoms with Gasteiger partial charge in [-0.2, -0.15) is 0 Å². The molecule has 2 saturated heterocycles. The van der Waals surface area contributed by atoms with Gasteiger partial charge in [0.1, 0.15) is 11.2 Å². The number of hydrogen-bond acceptors (Lipinski definition) is 7. The second kappa shape index (κ2) is 12.3. The van der Waals surface area contributed by atoms with E-state index in [1.54, 1.807) is 12.3 Å². The lowest BCUT2D eigenvalue weighted by molar-refractivity contribution is -0.142. The van der Waals surface area contributed by atoms with Crippen molar-refractivity contribution in [1.29, 1.82) is 0 Å². The SMILES string of the molecule is Cc1ncc(C(=O)N2CC[C@@H](C(=O)N3CCC(O)(Cn4cnc5c(ccn5-c5ccccc5)c4=O)CC3)[C@H](c3ccccc3)C2)s1. The molecule has 7 rings (SSSR count). The van der Waals surface area contributed by atoms with Crippen LogP contribution in [0.3, 0.4) is 0 Å². The summed E-state index contributed by atoms with van der Waals surface area (Å²) in [6.07, 6.45) is 6.24. The molecule has 2 aliphatic heterocycles. The molecule has 5 heterocycles. The lowest BCUT2D eigenvalue weighted by Crippen LogP contribution is -2.53. The summed E-state index contributed by atoms with van der Waals surface area (Å²) in [5.41, 5.74) is 1.18. The number of hydrogen-bond donors (Lipinski definition) is 1. The van der Waals surface area contributed by atoms with Gasteiger partial charge in [-0.25, -0.2) is 9.97 Å². The van der Waals surface area contributed by atoms with Gasteiger partial charge < -0.3 is 19.5 Å². The summed E-state index contributed by atoms with van der Waals surface area (Å²) in [6.45, 7) is 3.74. The highest BCUT2D eigenvalue weighted by Crippen LogP contribution is 2.36. The second-order valence-corrected chi connectivity index (χ2v) is 13.6. The average molecular weight is 637 g/mol. The average Bonchev–Trinajstić information content (AvgIpc) is 3.73. The van der Waals surface area contributed by atoms with Crippen molar-refractivity contribution < 1.29 is 14.7 Å². The van der Waals surface area contributed by atoms with Crippen molar-refractivity contribution >= 4 is 34.2 Å². The van der Waals surface area contributed by atoms with Gasteiger partial charge in [0, 0.05) is 49.9 Å². The van der Waals surface area contributed by atoms with Crippen LogP contribution in [0.25, 0.3) is 16.7 Å². The standard InChI is InChI=1S/C35H36N6O4S/c1-24-36-20-30(46-24)34(44)39-16-12-27(29(21-39)25-8-4-2-5-9-25)32(42)38-18-14-35(45,15-19-38)22-40-23-37-31-28(33(40)43)13-17-41(31)26-10-6-3-7-11-26/h2-11,13,17,20,23,27,29,45H,12,14-16,18-19,21-22H2,1H3/t27-,29+/m1/s1. The molecule has 2 amide bonds. The minimum atomic E-state index is -1.14. The molecule has 2 fully saturated rings. The Bertz CT molecular complexity index is 1930. The van der Waals surface area contributed by atoms with E-state index >= 15 is 0 Å². The summed E-state index contributed by atoms with van der Waals surface area (Å²) in [4.78, 5) is 53.9. The molecule has 10 nitrogen and oxygen atoms in total. The Morgan fingerprint density at radius 3 is 2.37 bits per heavy atom. The van der Waals surface area contributed by atoms with E-state index in [0.717, 1.165) is 16.3 Å². The molecular weight excluding hydrogens is 600 g/mol. The molecular formula is C35H36N6O4S. The zero-order chi connectivity index (χ0) is 31.8. The third-order valence-electron chi connectivity index (χ3n) is 9.45. The second-order valence-electron chi connectivity index (χ2n) is 12.4. The Balaban J connectivity index is 1.04. The van der Waals surface area contributed by atoms with Crippen molar-refractivity contribution in [2.24, 2.45) is 5.92 Å². The topological polar surface area (TPSA) is 114 Å². The van der Waals surface area contributed by atoms with Gasteiger partial charge in [0.15, 0.2) is 5.65 Å². The molecule has 46 heavy (non-hydrogen) atoms. The maximum absolute atomic E-state index is 14.0. The fourth-order valence-corrected chi connectivity index (χ4v) is 7.65. The summed E-state index contributed by atoms with van der Waals surface area (Å²) < 4.78 is 3.36. The first kappa shape index (κ1) is 30.1. The van der Waals surface area contributed by atoms with Crippen molar-refractivity contribution in [3.8, 4) is 5.69 Å². The Kier molecular flexibility index (Phi) is 8.04. The number of fused-ring (bicyclic) bond motifs is 1. The van der Waals surface area contributed by atoms with Gasteiger partial charge in [-0.1, -0.05) is 48.5 Å². The fraction of sp³-hybridized carbons (Fsp3) is 0.343. The minimum absolute atomic E-state index is 0.0416. The lowest BCUT2D eigenvalue weighted by atomic mass is 9.79. The van der Waals surface area contributed by atoms with E-state index in [1.165, 1.54) is 22.2 Å². The van der Waals surface area contributed by atoms with E-state index in [4.69, 9.17) is 0 Å². The molecule has 0 unspecified atom stereocenters. The fourth-order valence-electron chi connectivity index (χ4n) is 6.90. The Morgan fingerprint density at radius 2 is 1.67 bits per heavy atom. The quantitative estimate of drug-likeness (QED) is 0.298. The zero-order valence-electron chi connectivity index (χ0n) is 25.7. The van der Waals surface area contributed by atoms with Gasteiger partial charge in [-0.15, -0.1) is 11.3 Å². The molecule has 2 aromatic carbocycles. The molecule has 3 aromatic heterocycles. The predicted octanol–water partition coefficient (Wildman–Crippen LogP) is 4.25. The number of benzene rings is 2. The van der Waals surface area contributed by atoms with Crippen LogP contribution in [0.1, 0.15) is 45.4 Å². The van der Waals surface area contributed by atoms with Crippen molar-refractivity contribution in [2.45, 2.75) is 44.2 Å². The van der Waals surface area contributed by atoms with E-state index in [-0.39, 0.29) is 35.8 Å². The lowest BCUT2D eigenvalue weighted by Gasteiger charge is -2.43. The number of amides is 2. The zero-order valence-corrected chi connectivity index (χ0v) is 26.5. The van der Waals surface area contributed by atoms with Crippen LogP contribution in [0.15, 0.2) is 90.2 Å². The first-order valence-electron chi connectivity index (χ1n) is 15.7. The molecule has 0 radical (unpaired) electrons. The summed E-state index contributed by atoms with van der Waals surface area (Å²) >= 11 is 1.39. The molecule has 5 aromatic rings. The first-order valence-corrected chi connectivity index (χ1v) is 16.5. The molecule has 2 atom stereocenters. The molecule has 11 heteroatoms. The number of para-hydroxylation sites is 1. The summed E-state index contributed by atoms with van der Waals surface area (Å²) in [5.74, 6) is -0.399. The molecule has 0 saturated carbocycles. The van der Waals surface area contributed by atoms with Crippen molar-refractivity contribution in [2.75, 3.05) is 26.2 Å². The van der Waals surface area contributed by atoms with Crippen molar-refractivity contribution in [3.63, 3.8) is 0 Å². The van der Waals surface area contributed by atoms with Gasteiger partial charge in [0.2, 0.25) is 5.91 Å². The van der Waals surface area contributed by atoms with E-state index in [1.807, 2.05) is 88.2 Å². The van der Waals surface area contributed by atoms with Gasteiger partial charge in [0.05, 0.1) is 28.7 Å². The van der Waals surface area contributed by atoms with Crippen LogP contribution in [0, 0.1) is 12.8 Å².